The Balaban J connectivity index is 4.05. The van der Waals surface area contributed by atoms with Gasteiger partial charge in [0.05, 0.1) is 6.42 Å². The van der Waals surface area contributed by atoms with Crippen LogP contribution >= 0.6 is 0 Å². The fraction of sp³-hybridized carbons (Fsp3) is 0.734. The molecule has 0 aliphatic carbocycles. The maximum Gasteiger partial charge on any atom is 0.310 e. The van der Waals surface area contributed by atoms with Crippen LogP contribution in [0.25, 0.3) is 0 Å². The Morgan fingerprint density at radius 2 is 0.600 bits per heavy atom. The average molecular weight is 976 g/mol. The minimum absolute atomic E-state index is 0.0985. The normalized spacial score (nSPS) is 12.7. The SMILES string of the molecule is CC/C=C\C/C=C\C/C=C\C/C=C\C/C=C\CC(=O)OC(COC(=O)CCCCCCCC)COC(=O)CCCCCCCCCCCCCCCCCCCCC/C=C\C/C=C\CCCCCCC. The van der Waals surface area contributed by atoms with E-state index >= 15 is 0 Å². The van der Waals surface area contributed by atoms with E-state index in [2.05, 4.69) is 93.7 Å². The van der Waals surface area contributed by atoms with Crippen molar-refractivity contribution < 1.29 is 28.6 Å². The predicted octanol–water partition coefficient (Wildman–Crippen LogP) is 19.9. The highest BCUT2D eigenvalue weighted by Gasteiger charge is 2.19. The molecule has 0 aromatic carbocycles. The van der Waals surface area contributed by atoms with Gasteiger partial charge in [-0.15, -0.1) is 0 Å². The molecule has 402 valence electrons. The predicted molar refractivity (Wildman–Crippen MR) is 302 cm³/mol. The van der Waals surface area contributed by atoms with E-state index < -0.39 is 12.1 Å². The molecule has 0 saturated carbocycles. The Hall–Kier alpha value is -3.41. The highest BCUT2D eigenvalue weighted by molar-refractivity contribution is 5.72. The summed E-state index contributed by atoms with van der Waals surface area (Å²) in [6.07, 6.45) is 76.6. The largest absolute Gasteiger partial charge is 0.462 e. The van der Waals surface area contributed by atoms with Gasteiger partial charge in [0.15, 0.2) is 6.10 Å². The molecule has 0 bridgehead atoms. The third kappa shape index (κ3) is 55.5. The number of ether oxygens (including phenoxy) is 3. The fourth-order valence-corrected chi connectivity index (χ4v) is 8.26. The van der Waals surface area contributed by atoms with Crippen molar-refractivity contribution in [2.75, 3.05) is 13.2 Å². The van der Waals surface area contributed by atoms with E-state index in [9.17, 15) is 14.4 Å². The van der Waals surface area contributed by atoms with Crippen LogP contribution in [0.4, 0.5) is 0 Å². The number of allylic oxidation sites excluding steroid dienone is 13. The van der Waals surface area contributed by atoms with Crippen LogP contribution in [-0.2, 0) is 28.6 Å². The van der Waals surface area contributed by atoms with E-state index in [0.717, 1.165) is 77.0 Å². The van der Waals surface area contributed by atoms with Crippen molar-refractivity contribution in [1.29, 1.82) is 0 Å². The molecule has 0 rings (SSSR count). The van der Waals surface area contributed by atoms with Gasteiger partial charge in [0.25, 0.3) is 0 Å². The van der Waals surface area contributed by atoms with Crippen LogP contribution in [0, 0.1) is 0 Å². The van der Waals surface area contributed by atoms with Crippen molar-refractivity contribution in [2.24, 2.45) is 0 Å². The summed E-state index contributed by atoms with van der Waals surface area (Å²) in [4.78, 5) is 37.8. The molecule has 6 heteroatoms. The Morgan fingerprint density at radius 3 is 0.943 bits per heavy atom. The topological polar surface area (TPSA) is 78.9 Å². The number of carbonyl (C=O) groups excluding carboxylic acids is 3. The van der Waals surface area contributed by atoms with Gasteiger partial charge in [-0.2, -0.15) is 0 Å². The van der Waals surface area contributed by atoms with E-state index in [-0.39, 0.29) is 31.6 Å². The summed E-state index contributed by atoms with van der Waals surface area (Å²) in [7, 11) is 0. The number of hydrogen-bond acceptors (Lipinski definition) is 6. The summed E-state index contributed by atoms with van der Waals surface area (Å²) in [6.45, 7) is 6.38. The van der Waals surface area contributed by atoms with Gasteiger partial charge in [0.1, 0.15) is 13.2 Å². The Morgan fingerprint density at radius 1 is 0.314 bits per heavy atom. The molecule has 0 heterocycles. The van der Waals surface area contributed by atoms with Gasteiger partial charge < -0.3 is 14.2 Å². The molecule has 0 N–H and O–H groups in total. The zero-order chi connectivity index (χ0) is 50.7. The van der Waals surface area contributed by atoms with Gasteiger partial charge in [-0.3, -0.25) is 14.4 Å². The lowest BCUT2D eigenvalue weighted by atomic mass is 10.0. The zero-order valence-corrected chi connectivity index (χ0v) is 46.0. The second-order valence-electron chi connectivity index (χ2n) is 19.5. The van der Waals surface area contributed by atoms with Crippen LogP contribution in [0.2, 0.25) is 0 Å². The van der Waals surface area contributed by atoms with E-state index in [1.54, 1.807) is 6.08 Å². The number of rotatable bonds is 53. The van der Waals surface area contributed by atoms with Gasteiger partial charge in [-0.25, -0.2) is 0 Å². The second-order valence-corrected chi connectivity index (χ2v) is 19.5. The molecule has 0 aliphatic rings. The van der Waals surface area contributed by atoms with Crippen LogP contribution in [0.5, 0.6) is 0 Å². The molecule has 0 saturated heterocycles. The van der Waals surface area contributed by atoms with Crippen LogP contribution < -0.4 is 0 Å². The first kappa shape index (κ1) is 66.6. The third-order valence-electron chi connectivity index (χ3n) is 12.7. The third-order valence-corrected chi connectivity index (χ3v) is 12.7. The minimum Gasteiger partial charge on any atom is -0.462 e. The second kappa shape index (κ2) is 58.2. The molecule has 70 heavy (non-hydrogen) atoms. The summed E-state index contributed by atoms with van der Waals surface area (Å²) in [5.74, 6) is -1.05. The van der Waals surface area contributed by atoms with Gasteiger partial charge in [0.2, 0.25) is 0 Å². The molecule has 6 nitrogen and oxygen atoms in total. The highest BCUT2D eigenvalue weighted by atomic mass is 16.6. The van der Waals surface area contributed by atoms with Crippen molar-refractivity contribution in [3.63, 3.8) is 0 Å². The zero-order valence-electron chi connectivity index (χ0n) is 46.0. The average Bonchev–Trinajstić information content (AvgIpc) is 3.36. The summed E-state index contributed by atoms with van der Waals surface area (Å²) in [6, 6.07) is 0. The molecular formula is C64H110O6. The first-order valence-corrected chi connectivity index (χ1v) is 29.6. The van der Waals surface area contributed by atoms with Gasteiger partial charge in [-0.05, 0) is 77.0 Å². The molecule has 0 aromatic rings. The van der Waals surface area contributed by atoms with Gasteiger partial charge >= 0.3 is 17.9 Å². The van der Waals surface area contributed by atoms with Crippen molar-refractivity contribution in [2.45, 2.75) is 290 Å². The Kier molecular flexibility index (Phi) is 55.3. The molecule has 0 amide bonds. The number of esters is 3. The van der Waals surface area contributed by atoms with Crippen molar-refractivity contribution >= 4 is 17.9 Å². The maximum atomic E-state index is 12.7. The molecule has 0 aliphatic heterocycles. The van der Waals surface area contributed by atoms with E-state index in [0.29, 0.717) is 12.8 Å². The van der Waals surface area contributed by atoms with Crippen molar-refractivity contribution in [3.05, 3.63) is 85.1 Å². The monoisotopic (exact) mass is 975 g/mol. The Bertz CT molecular complexity index is 1350. The molecule has 0 aromatic heterocycles. The maximum absolute atomic E-state index is 12.7. The van der Waals surface area contributed by atoms with E-state index in [1.807, 2.05) is 6.08 Å². The van der Waals surface area contributed by atoms with Crippen LogP contribution in [0.3, 0.4) is 0 Å². The summed E-state index contributed by atoms with van der Waals surface area (Å²) >= 11 is 0. The molecule has 1 unspecified atom stereocenters. The minimum atomic E-state index is -0.826. The van der Waals surface area contributed by atoms with Gasteiger partial charge in [0, 0.05) is 12.8 Å². The quantitative estimate of drug-likeness (QED) is 0.0261. The van der Waals surface area contributed by atoms with E-state index in [4.69, 9.17) is 14.2 Å². The van der Waals surface area contributed by atoms with Crippen molar-refractivity contribution in [1.82, 2.24) is 0 Å². The Labute approximate surface area is 433 Å². The summed E-state index contributed by atoms with van der Waals surface area (Å²) in [5, 5.41) is 0. The first-order valence-electron chi connectivity index (χ1n) is 29.6. The van der Waals surface area contributed by atoms with Crippen molar-refractivity contribution in [3.8, 4) is 0 Å². The molecule has 0 radical (unpaired) electrons. The molecule has 0 fully saturated rings. The summed E-state index contributed by atoms with van der Waals surface area (Å²) < 4.78 is 16.6. The van der Waals surface area contributed by atoms with Crippen LogP contribution in [0.15, 0.2) is 85.1 Å². The molecule has 1 atom stereocenters. The smallest absolute Gasteiger partial charge is 0.310 e. The highest BCUT2D eigenvalue weighted by Crippen LogP contribution is 2.16. The lowest BCUT2D eigenvalue weighted by molar-refractivity contribution is -0.166. The summed E-state index contributed by atoms with van der Waals surface area (Å²) in [5.41, 5.74) is 0. The standard InChI is InChI=1S/C64H110O6/c1-4-7-10-13-16-18-20-22-24-25-26-27-28-29-30-31-32-33-34-35-36-37-38-39-41-42-44-46-48-51-54-57-63(66)69-60-61(59-68-62(65)56-53-50-15-12-9-6-3)70-64(67)58-55-52-49-47-45-43-40-23-21-19-17-14-11-8-5-2/h8,11,17,19-20,22-23,25-26,40,45,47,52,55,61H,4-7,9-10,12-16,18,21,24,27-39,41-44,46,48-51,53-54,56-60H2,1-3H3/b11-8-,19-17-,22-20-,26-25-,40-23-,47-45-,55-52-. The lowest BCUT2D eigenvalue weighted by Crippen LogP contribution is -2.30. The van der Waals surface area contributed by atoms with E-state index in [1.165, 1.54) is 167 Å². The first-order chi connectivity index (χ1) is 34.5. The lowest BCUT2D eigenvalue weighted by Gasteiger charge is -2.18. The molecule has 0 spiro atoms. The fourth-order valence-electron chi connectivity index (χ4n) is 8.26. The number of hydrogen-bond donors (Lipinski definition) is 0. The molecular weight excluding hydrogens is 865 g/mol. The number of unbranched alkanes of at least 4 members (excludes halogenated alkanes) is 29. The van der Waals surface area contributed by atoms with Crippen LogP contribution in [-0.4, -0.2) is 37.2 Å². The van der Waals surface area contributed by atoms with Gasteiger partial charge in [-0.1, -0.05) is 273 Å². The number of carbonyl (C=O) groups is 3. The van der Waals surface area contributed by atoms with Crippen LogP contribution in [0.1, 0.15) is 284 Å².